The van der Waals surface area contributed by atoms with Gasteiger partial charge in [0.25, 0.3) is 0 Å². The maximum Gasteiger partial charge on any atom is 0.338 e. The second-order valence-corrected chi connectivity index (χ2v) is 5.73. The molecule has 1 fully saturated rings. The zero-order chi connectivity index (χ0) is 14.3. The summed E-state index contributed by atoms with van der Waals surface area (Å²) in [6.45, 7) is 2.25. The first-order valence-corrected chi connectivity index (χ1v) is 6.97. The lowest BCUT2D eigenvalue weighted by Gasteiger charge is -2.24. The number of hydrogen-bond donors (Lipinski definition) is 2. The summed E-state index contributed by atoms with van der Waals surface area (Å²) in [5.74, 6) is -0.00614. The number of benzene rings is 1. The maximum absolute atomic E-state index is 13.6. The standard InChI is InChI=1S/C15H17FN2O2/c1-8-2-4-9(5-3-8)14-17-12-6-10(15(19)20)11(16)7-13(12)18-14/h6-9H,2-5H2,1H3,(H,17,18)(H,19,20). The van der Waals surface area contributed by atoms with E-state index in [0.717, 1.165) is 24.6 Å². The van der Waals surface area contributed by atoms with Crippen LogP contribution in [0.5, 0.6) is 0 Å². The first-order valence-electron chi connectivity index (χ1n) is 6.97. The van der Waals surface area contributed by atoms with Crippen LogP contribution in [0.2, 0.25) is 0 Å². The molecule has 4 nitrogen and oxygen atoms in total. The van der Waals surface area contributed by atoms with E-state index in [1.54, 1.807) is 0 Å². The topological polar surface area (TPSA) is 66.0 Å². The Morgan fingerprint density at radius 3 is 2.70 bits per heavy atom. The van der Waals surface area contributed by atoms with Crippen LogP contribution in [0.25, 0.3) is 11.0 Å². The van der Waals surface area contributed by atoms with Crippen molar-refractivity contribution in [3.05, 3.63) is 29.3 Å². The molecule has 0 bridgehead atoms. The second kappa shape index (κ2) is 4.89. The van der Waals surface area contributed by atoms with Crippen LogP contribution in [0.3, 0.4) is 0 Å². The number of aromatic carboxylic acids is 1. The number of nitrogens with one attached hydrogen (secondary N) is 1. The van der Waals surface area contributed by atoms with E-state index in [9.17, 15) is 9.18 Å². The van der Waals surface area contributed by atoms with Crippen molar-refractivity contribution < 1.29 is 14.3 Å². The molecular weight excluding hydrogens is 259 g/mol. The Morgan fingerprint density at radius 2 is 2.05 bits per heavy atom. The predicted octanol–water partition coefficient (Wildman–Crippen LogP) is 3.69. The van der Waals surface area contributed by atoms with Crippen LogP contribution in [-0.4, -0.2) is 21.0 Å². The predicted molar refractivity (Wildman–Crippen MR) is 73.4 cm³/mol. The molecule has 1 aromatic carbocycles. The van der Waals surface area contributed by atoms with Crippen LogP contribution in [0.4, 0.5) is 4.39 Å². The molecule has 20 heavy (non-hydrogen) atoms. The van der Waals surface area contributed by atoms with Crippen molar-refractivity contribution in [1.82, 2.24) is 9.97 Å². The number of imidazole rings is 1. The second-order valence-electron chi connectivity index (χ2n) is 5.73. The molecule has 0 spiro atoms. The van der Waals surface area contributed by atoms with Gasteiger partial charge in [-0.3, -0.25) is 0 Å². The van der Waals surface area contributed by atoms with Gasteiger partial charge in [0.15, 0.2) is 0 Å². The van der Waals surface area contributed by atoms with Crippen molar-refractivity contribution in [2.24, 2.45) is 5.92 Å². The van der Waals surface area contributed by atoms with Gasteiger partial charge in [0.05, 0.1) is 16.6 Å². The average molecular weight is 276 g/mol. The van der Waals surface area contributed by atoms with Crippen molar-refractivity contribution >= 4 is 17.0 Å². The molecule has 1 saturated carbocycles. The molecule has 0 saturated heterocycles. The van der Waals surface area contributed by atoms with Crippen molar-refractivity contribution in [3.8, 4) is 0 Å². The number of halogens is 1. The summed E-state index contributed by atoms with van der Waals surface area (Å²) in [7, 11) is 0. The lowest BCUT2D eigenvalue weighted by atomic mass is 9.83. The highest BCUT2D eigenvalue weighted by Crippen LogP contribution is 2.35. The van der Waals surface area contributed by atoms with Gasteiger partial charge in [-0.1, -0.05) is 19.8 Å². The minimum atomic E-state index is -1.26. The monoisotopic (exact) mass is 276 g/mol. The van der Waals surface area contributed by atoms with Crippen molar-refractivity contribution in [3.63, 3.8) is 0 Å². The Labute approximate surface area is 116 Å². The van der Waals surface area contributed by atoms with E-state index < -0.39 is 11.8 Å². The lowest BCUT2D eigenvalue weighted by Crippen LogP contribution is -2.11. The van der Waals surface area contributed by atoms with Crippen molar-refractivity contribution in [1.29, 1.82) is 0 Å². The summed E-state index contributed by atoms with van der Waals surface area (Å²) in [6.07, 6.45) is 4.51. The molecule has 1 aromatic heterocycles. The van der Waals surface area contributed by atoms with Gasteiger partial charge in [-0.2, -0.15) is 0 Å². The SMILES string of the molecule is CC1CCC(c2nc3cc(C(=O)O)c(F)cc3[nH]2)CC1. The van der Waals surface area contributed by atoms with Crippen LogP contribution in [0.1, 0.15) is 54.7 Å². The van der Waals surface area contributed by atoms with Gasteiger partial charge in [-0.25, -0.2) is 14.2 Å². The Hall–Kier alpha value is -1.91. The van der Waals surface area contributed by atoms with Crippen LogP contribution in [0.15, 0.2) is 12.1 Å². The summed E-state index contributed by atoms with van der Waals surface area (Å²) < 4.78 is 13.6. The van der Waals surface area contributed by atoms with Crippen molar-refractivity contribution in [2.45, 2.75) is 38.5 Å². The third-order valence-electron chi connectivity index (χ3n) is 4.22. The Balaban J connectivity index is 1.96. The van der Waals surface area contributed by atoms with E-state index in [-0.39, 0.29) is 5.56 Å². The van der Waals surface area contributed by atoms with Gasteiger partial charge in [-0.15, -0.1) is 0 Å². The number of nitrogens with zero attached hydrogens (tertiary/aromatic N) is 1. The molecule has 106 valence electrons. The molecule has 1 aliphatic rings. The Morgan fingerprint density at radius 1 is 1.35 bits per heavy atom. The third kappa shape index (κ3) is 2.28. The fourth-order valence-electron chi connectivity index (χ4n) is 2.94. The van der Waals surface area contributed by atoms with Crippen LogP contribution in [0, 0.1) is 11.7 Å². The smallest absolute Gasteiger partial charge is 0.338 e. The molecule has 5 heteroatoms. The number of carboxylic acids is 1. The zero-order valence-corrected chi connectivity index (χ0v) is 11.3. The number of carbonyl (C=O) groups is 1. The minimum absolute atomic E-state index is 0.326. The van der Waals surface area contributed by atoms with E-state index >= 15 is 0 Å². The minimum Gasteiger partial charge on any atom is -0.478 e. The van der Waals surface area contributed by atoms with E-state index in [1.807, 2.05) is 0 Å². The normalized spacial score (nSPS) is 23.1. The molecule has 1 heterocycles. The van der Waals surface area contributed by atoms with Crippen LogP contribution in [-0.2, 0) is 0 Å². The molecule has 0 amide bonds. The first-order chi connectivity index (χ1) is 9.54. The van der Waals surface area contributed by atoms with Gasteiger partial charge in [0.1, 0.15) is 11.6 Å². The third-order valence-corrected chi connectivity index (χ3v) is 4.22. The average Bonchev–Trinajstić information content (AvgIpc) is 2.81. The van der Waals surface area contributed by atoms with Crippen molar-refractivity contribution in [2.75, 3.05) is 0 Å². The molecule has 0 aliphatic heterocycles. The number of carboxylic acid groups (broad SMARTS) is 1. The number of hydrogen-bond acceptors (Lipinski definition) is 2. The van der Waals surface area contributed by atoms with E-state index in [1.165, 1.54) is 25.0 Å². The number of H-pyrrole nitrogens is 1. The van der Waals surface area contributed by atoms with E-state index in [4.69, 9.17) is 5.11 Å². The number of aromatic amines is 1. The molecule has 2 aromatic rings. The summed E-state index contributed by atoms with van der Waals surface area (Å²) >= 11 is 0. The van der Waals surface area contributed by atoms with E-state index in [0.29, 0.717) is 17.0 Å². The maximum atomic E-state index is 13.6. The molecule has 3 rings (SSSR count). The zero-order valence-electron chi connectivity index (χ0n) is 11.3. The Bertz CT molecular complexity index is 657. The molecule has 0 atom stereocenters. The summed E-state index contributed by atoms with van der Waals surface area (Å²) in [6, 6.07) is 2.53. The highest BCUT2D eigenvalue weighted by Gasteiger charge is 2.23. The molecule has 2 N–H and O–H groups in total. The number of rotatable bonds is 2. The summed E-state index contributed by atoms with van der Waals surface area (Å²) in [5.41, 5.74) is 0.770. The molecule has 0 unspecified atom stereocenters. The highest BCUT2D eigenvalue weighted by molar-refractivity contribution is 5.92. The summed E-state index contributed by atoms with van der Waals surface area (Å²) in [4.78, 5) is 18.5. The van der Waals surface area contributed by atoms with Gasteiger partial charge < -0.3 is 10.1 Å². The van der Waals surface area contributed by atoms with Crippen LogP contribution < -0.4 is 0 Å². The number of fused-ring (bicyclic) bond motifs is 1. The van der Waals surface area contributed by atoms with Gasteiger partial charge in [0.2, 0.25) is 0 Å². The largest absolute Gasteiger partial charge is 0.478 e. The van der Waals surface area contributed by atoms with E-state index in [2.05, 4.69) is 16.9 Å². The fourth-order valence-corrected chi connectivity index (χ4v) is 2.94. The van der Waals surface area contributed by atoms with Crippen LogP contribution >= 0.6 is 0 Å². The quantitative estimate of drug-likeness (QED) is 0.879. The summed E-state index contributed by atoms with van der Waals surface area (Å²) in [5, 5.41) is 8.93. The number of aromatic nitrogens is 2. The molecule has 0 radical (unpaired) electrons. The molecular formula is C15H17FN2O2. The van der Waals surface area contributed by atoms with Gasteiger partial charge >= 0.3 is 5.97 Å². The lowest BCUT2D eigenvalue weighted by molar-refractivity contribution is 0.0692. The van der Waals surface area contributed by atoms with Gasteiger partial charge in [-0.05, 0) is 24.8 Å². The van der Waals surface area contributed by atoms with Gasteiger partial charge in [0, 0.05) is 12.0 Å². The molecule has 1 aliphatic carbocycles. The first kappa shape index (κ1) is 13.1. The highest BCUT2D eigenvalue weighted by atomic mass is 19.1. The fraction of sp³-hybridized carbons (Fsp3) is 0.467. The Kier molecular flexibility index (Phi) is 3.20.